The summed E-state index contributed by atoms with van der Waals surface area (Å²) in [6, 6.07) is 5.36. The van der Waals surface area contributed by atoms with E-state index in [9.17, 15) is 4.39 Å². The molecule has 1 rings (SSSR count). The van der Waals surface area contributed by atoms with Crippen LogP contribution in [0, 0.1) is 5.82 Å². The lowest BCUT2D eigenvalue weighted by Crippen LogP contribution is -1.93. The van der Waals surface area contributed by atoms with Gasteiger partial charge in [0, 0.05) is 12.6 Å². The van der Waals surface area contributed by atoms with Crippen LogP contribution in [0.3, 0.4) is 0 Å². The van der Waals surface area contributed by atoms with Crippen LogP contribution < -0.4 is 5.32 Å². The van der Waals surface area contributed by atoms with Crippen LogP contribution in [0.5, 0.6) is 0 Å². The zero-order valence-corrected chi connectivity index (χ0v) is 8.84. The Labute approximate surface area is 84.6 Å². The SMILES string of the molecule is CNC=Cc1ccc(C(C)C)cc1F. The maximum atomic E-state index is 13.5. The molecule has 0 amide bonds. The minimum atomic E-state index is -0.164. The van der Waals surface area contributed by atoms with Gasteiger partial charge in [0.1, 0.15) is 5.82 Å². The van der Waals surface area contributed by atoms with Gasteiger partial charge in [-0.05, 0) is 29.8 Å². The first kappa shape index (κ1) is 10.8. The number of hydrogen-bond donors (Lipinski definition) is 1. The van der Waals surface area contributed by atoms with E-state index in [0.29, 0.717) is 11.5 Å². The normalized spacial score (nSPS) is 11.2. The largest absolute Gasteiger partial charge is 0.394 e. The zero-order valence-electron chi connectivity index (χ0n) is 8.84. The van der Waals surface area contributed by atoms with Gasteiger partial charge in [0.25, 0.3) is 0 Å². The third kappa shape index (κ3) is 2.59. The van der Waals surface area contributed by atoms with Crippen molar-refractivity contribution in [2.75, 3.05) is 7.05 Å². The number of hydrogen-bond acceptors (Lipinski definition) is 1. The van der Waals surface area contributed by atoms with Crippen LogP contribution in [0.4, 0.5) is 4.39 Å². The van der Waals surface area contributed by atoms with Crippen molar-refractivity contribution in [1.29, 1.82) is 0 Å². The summed E-state index contributed by atoms with van der Waals surface area (Å²) in [6.07, 6.45) is 3.44. The van der Waals surface area contributed by atoms with Gasteiger partial charge in [-0.15, -0.1) is 0 Å². The highest BCUT2D eigenvalue weighted by Gasteiger charge is 2.03. The Kier molecular flexibility index (Phi) is 3.69. The number of nitrogens with one attached hydrogen (secondary N) is 1. The zero-order chi connectivity index (χ0) is 10.6. The van der Waals surface area contributed by atoms with Crippen LogP contribution in [0.2, 0.25) is 0 Å². The van der Waals surface area contributed by atoms with Crippen molar-refractivity contribution < 1.29 is 4.39 Å². The molecule has 1 aromatic rings. The molecular formula is C12H16FN. The van der Waals surface area contributed by atoms with Crippen LogP contribution >= 0.6 is 0 Å². The van der Waals surface area contributed by atoms with Gasteiger partial charge in [-0.3, -0.25) is 0 Å². The monoisotopic (exact) mass is 193 g/mol. The van der Waals surface area contributed by atoms with Gasteiger partial charge in [0.15, 0.2) is 0 Å². The lowest BCUT2D eigenvalue weighted by atomic mass is 10.0. The highest BCUT2D eigenvalue weighted by molar-refractivity contribution is 5.50. The Hall–Kier alpha value is -1.31. The summed E-state index contributed by atoms with van der Waals surface area (Å²) in [5.41, 5.74) is 1.65. The third-order valence-corrected chi connectivity index (χ3v) is 2.12. The third-order valence-electron chi connectivity index (χ3n) is 2.12. The maximum Gasteiger partial charge on any atom is 0.130 e. The summed E-state index contributed by atoms with van der Waals surface area (Å²) < 4.78 is 13.5. The van der Waals surface area contributed by atoms with Crippen molar-refractivity contribution in [2.24, 2.45) is 0 Å². The fourth-order valence-corrected chi connectivity index (χ4v) is 1.21. The van der Waals surface area contributed by atoms with Crippen molar-refractivity contribution in [2.45, 2.75) is 19.8 Å². The van der Waals surface area contributed by atoms with E-state index in [1.807, 2.05) is 6.07 Å². The van der Waals surface area contributed by atoms with E-state index >= 15 is 0 Å². The van der Waals surface area contributed by atoms with Crippen LogP contribution in [0.1, 0.15) is 30.9 Å². The van der Waals surface area contributed by atoms with E-state index in [2.05, 4.69) is 19.2 Å². The van der Waals surface area contributed by atoms with Crippen LogP contribution in [-0.4, -0.2) is 7.05 Å². The summed E-state index contributed by atoms with van der Waals surface area (Å²) in [5, 5.41) is 2.83. The van der Waals surface area contributed by atoms with E-state index < -0.39 is 0 Å². The predicted octanol–water partition coefficient (Wildman–Crippen LogP) is 3.14. The fraction of sp³-hybridized carbons (Fsp3) is 0.333. The second-order valence-corrected chi connectivity index (χ2v) is 3.56. The molecule has 0 atom stereocenters. The van der Waals surface area contributed by atoms with E-state index in [4.69, 9.17) is 0 Å². The van der Waals surface area contributed by atoms with Crippen molar-refractivity contribution in [3.8, 4) is 0 Å². The number of benzene rings is 1. The van der Waals surface area contributed by atoms with E-state index in [0.717, 1.165) is 5.56 Å². The second-order valence-electron chi connectivity index (χ2n) is 3.56. The molecule has 0 saturated carbocycles. The van der Waals surface area contributed by atoms with Gasteiger partial charge in [0.05, 0.1) is 0 Å². The molecule has 2 heteroatoms. The molecule has 1 N–H and O–H groups in total. The van der Waals surface area contributed by atoms with Crippen LogP contribution in [0.15, 0.2) is 24.4 Å². The van der Waals surface area contributed by atoms with Gasteiger partial charge in [-0.25, -0.2) is 4.39 Å². The van der Waals surface area contributed by atoms with Crippen LogP contribution in [0.25, 0.3) is 6.08 Å². The summed E-state index contributed by atoms with van der Waals surface area (Å²) in [7, 11) is 1.79. The van der Waals surface area contributed by atoms with Gasteiger partial charge in [0.2, 0.25) is 0 Å². The highest BCUT2D eigenvalue weighted by Crippen LogP contribution is 2.18. The quantitative estimate of drug-likeness (QED) is 0.777. The summed E-state index contributed by atoms with van der Waals surface area (Å²) in [6.45, 7) is 4.11. The highest BCUT2D eigenvalue weighted by atomic mass is 19.1. The smallest absolute Gasteiger partial charge is 0.130 e. The minimum Gasteiger partial charge on any atom is -0.394 e. The van der Waals surface area contributed by atoms with Crippen molar-refractivity contribution in [3.63, 3.8) is 0 Å². The predicted molar refractivity (Wildman–Crippen MR) is 58.6 cm³/mol. The van der Waals surface area contributed by atoms with Crippen molar-refractivity contribution in [3.05, 3.63) is 41.3 Å². The lowest BCUT2D eigenvalue weighted by molar-refractivity contribution is 0.620. The molecule has 0 bridgehead atoms. The number of rotatable bonds is 3. The first-order chi connectivity index (χ1) is 6.65. The van der Waals surface area contributed by atoms with Gasteiger partial charge in [-0.1, -0.05) is 26.0 Å². The Morgan fingerprint density at radius 2 is 2.07 bits per heavy atom. The molecule has 0 aromatic heterocycles. The Morgan fingerprint density at radius 3 is 2.57 bits per heavy atom. The average Bonchev–Trinajstić information content (AvgIpc) is 2.15. The summed E-state index contributed by atoms with van der Waals surface area (Å²) >= 11 is 0. The molecule has 0 spiro atoms. The molecule has 0 heterocycles. The Morgan fingerprint density at radius 1 is 1.36 bits per heavy atom. The fourth-order valence-electron chi connectivity index (χ4n) is 1.21. The van der Waals surface area contributed by atoms with Gasteiger partial charge >= 0.3 is 0 Å². The molecule has 0 aliphatic carbocycles. The molecule has 1 nitrogen and oxygen atoms in total. The lowest BCUT2D eigenvalue weighted by Gasteiger charge is -2.06. The minimum absolute atomic E-state index is 0.164. The standard InChI is InChI=1S/C12H16FN/c1-9(2)11-5-4-10(6-7-14-3)12(13)8-11/h4-9,14H,1-3H3. The molecule has 0 aliphatic heterocycles. The van der Waals surface area contributed by atoms with E-state index in [1.54, 1.807) is 31.5 Å². The topological polar surface area (TPSA) is 12.0 Å². The van der Waals surface area contributed by atoms with Gasteiger partial charge < -0.3 is 5.32 Å². The molecule has 0 unspecified atom stereocenters. The summed E-state index contributed by atoms with van der Waals surface area (Å²) in [5.74, 6) is 0.203. The molecule has 0 fully saturated rings. The first-order valence-electron chi connectivity index (χ1n) is 4.78. The Balaban J connectivity index is 2.95. The Bertz CT molecular complexity index is 329. The van der Waals surface area contributed by atoms with E-state index in [1.165, 1.54) is 0 Å². The maximum absolute atomic E-state index is 13.5. The first-order valence-corrected chi connectivity index (χ1v) is 4.78. The molecule has 0 radical (unpaired) electrons. The van der Waals surface area contributed by atoms with E-state index in [-0.39, 0.29) is 5.82 Å². The molecule has 0 aliphatic rings. The molecular weight excluding hydrogens is 177 g/mol. The average molecular weight is 193 g/mol. The van der Waals surface area contributed by atoms with Crippen LogP contribution in [-0.2, 0) is 0 Å². The molecule has 1 aromatic carbocycles. The molecule has 76 valence electrons. The van der Waals surface area contributed by atoms with Crippen molar-refractivity contribution >= 4 is 6.08 Å². The molecule has 0 saturated heterocycles. The second kappa shape index (κ2) is 4.80. The summed E-state index contributed by atoms with van der Waals surface area (Å²) in [4.78, 5) is 0. The number of halogens is 1. The van der Waals surface area contributed by atoms with Crippen molar-refractivity contribution in [1.82, 2.24) is 5.32 Å². The van der Waals surface area contributed by atoms with Gasteiger partial charge in [-0.2, -0.15) is 0 Å². The molecule has 14 heavy (non-hydrogen) atoms.